The van der Waals surface area contributed by atoms with E-state index in [1.54, 1.807) is 0 Å². The molecule has 1 aliphatic heterocycles. The number of benzene rings is 1. The second kappa shape index (κ2) is 10.9. The predicted octanol–water partition coefficient (Wildman–Crippen LogP) is 1.63. The van der Waals surface area contributed by atoms with Crippen molar-refractivity contribution in [1.82, 2.24) is 20.9 Å². The van der Waals surface area contributed by atoms with E-state index in [0.29, 0.717) is 24.5 Å². The summed E-state index contributed by atoms with van der Waals surface area (Å²) in [5, 5.41) is 9.70. The molecule has 2 rings (SSSR count). The lowest BCUT2D eigenvalue weighted by molar-refractivity contribution is -0.119. The summed E-state index contributed by atoms with van der Waals surface area (Å²) in [4.78, 5) is 19.0. The first kappa shape index (κ1) is 21.2. The van der Waals surface area contributed by atoms with Gasteiger partial charge in [0.25, 0.3) is 0 Å². The molecule has 150 valence electrons. The molecule has 0 saturated carbocycles. The molecule has 0 radical (unpaired) electrons. The third-order valence-electron chi connectivity index (χ3n) is 5.00. The lowest BCUT2D eigenvalue weighted by atomic mass is 10.1. The van der Waals surface area contributed by atoms with Crippen LogP contribution in [0, 0.1) is 5.92 Å². The molecule has 27 heavy (non-hydrogen) atoms. The van der Waals surface area contributed by atoms with E-state index < -0.39 is 0 Å². The molecule has 1 aromatic carbocycles. The van der Waals surface area contributed by atoms with Crippen molar-refractivity contribution in [3.8, 4) is 0 Å². The molecule has 1 heterocycles. The molecule has 1 aliphatic rings. The second-order valence-electron chi connectivity index (χ2n) is 7.56. The van der Waals surface area contributed by atoms with Crippen LogP contribution in [0.3, 0.4) is 0 Å². The summed E-state index contributed by atoms with van der Waals surface area (Å²) in [5.74, 6) is 1.22. The summed E-state index contributed by atoms with van der Waals surface area (Å²) in [6, 6.07) is 11.1. The van der Waals surface area contributed by atoms with Crippen LogP contribution in [0.1, 0.15) is 33.3 Å². The first-order valence-corrected chi connectivity index (χ1v) is 10.1. The van der Waals surface area contributed by atoms with Gasteiger partial charge in [0, 0.05) is 38.3 Å². The largest absolute Gasteiger partial charge is 0.357 e. The van der Waals surface area contributed by atoms with E-state index in [4.69, 9.17) is 0 Å². The van der Waals surface area contributed by atoms with Crippen LogP contribution in [0.5, 0.6) is 0 Å². The highest BCUT2D eigenvalue weighted by Gasteiger charge is 2.31. The average molecular weight is 374 g/mol. The Hall–Kier alpha value is -2.08. The van der Waals surface area contributed by atoms with Gasteiger partial charge in [-0.25, -0.2) is 4.99 Å². The molecule has 6 nitrogen and oxygen atoms in total. The SMILES string of the molecule is CCNC(=NCC(=O)NCCc1ccccc1)NC1CN(C(C)C)CC1C. The minimum Gasteiger partial charge on any atom is -0.357 e. The molecule has 0 spiro atoms. The van der Waals surface area contributed by atoms with Gasteiger partial charge in [-0.15, -0.1) is 0 Å². The number of carbonyl (C=O) groups excluding carboxylic acids is 1. The Morgan fingerprint density at radius 2 is 1.96 bits per heavy atom. The Bertz CT molecular complexity index is 602. The Kier molecular flexibility index (Phi) is 8.58. The first-order chi connectivity index (χ1) is 13.0. The summed E-state index contributed by atoms with van der Waals surface area (Å²) >= 11 is 0. The standard InChI is InChI=1S/C21H35N5O/c1-5-22-21(25-19-15-26(16(2)3)14-17(19)4)24-13-20(27)23-12-11-18-9-7-6-8-10-18/h6-10,16-17,19H,5,11-15H2,1-4H3,(H,23,27)(H2,22,24,25). The van der Waals surface area contributed by atoms with Crippen LogP contribution < -0.4 is 16.0 Å². The predicted molar refractivity (Wildman–Crippen MR) is 112 cm³/mol. The summed E-state index contributed by atoms with van der Waals surface area (Å²) < 4.78 is 0. The molecule has 6 heteroatoms. The zero-order valence-corrected chi connectivity index (χ0v) is 17.2. The third-order valence-corrected chi connectivity index (χ3v) is 5.00. The normalized spacial score (nSPS) is 20.7. The van der Waals surface area contributed by atoms with E-state index in [1.165, 1.54) is 5.56 Å². The number of nitrogens with zero attached hydrogens (tertiary/aromatic N) is 2. The number of nitrogens with one attached hydrogen (secondary N) is 3. The molecular weight excluding hydrogens is 338 g/mol. The van der Waals surface area contributed by atoms with Crippen LogP contribution in [-0.4, -0.2) is 61.6 Å². The fourth-order valence-electron chi connectivity index (χ4n) is 3.31. The molecule has 1 saturated heterocycles. The van der Waals surface area contributed by atoms with Crippen LogP contribution in [0.25, 0.3) is 0 Å². The van der Waals surface area contributed by atoms with Gasteiger partial charge < -0.3 is 16.0 Å². The van der Waals surface area contributed by atoms with Crippen LogP contribution in [0.4, 0.5) is 0 Å². The number of guanidine groups is 1. The fraction of sp³-hybridized carbons (Fsp3) is 0.619. The molecule has 1 fully saturated rings. The van der Waals surface area contributed by atoms with Crippen molar-refractivity contribution in [3.05, 3.63) is 35.9 Å². The van der Waals surface area contributed by atoms with Gasteiger partial charge in [0.2, 0.25) is 5.91 Å². The average Bonchev–Trinajstić information content (AvgIpc) is 3.02. The maximum Gasteiger partial charge on any atom is 0.241 e. The molecular formula is C21H35N5O. The minimum atomic E-state index is -0.0496. The van der Waals surface area contributed by atoms with Gasteiger partial charge in [-0.1, -0.05) is 37.3 Å². The molecule has 0 aromatic heterocycles. The zero-order chi connectivity index (χ0) is 19.6. The highest BCUT2D eigenvalue weighted by molar-refractivity contribution is 5.85. The Balaban J connectivity index is 1.79. The van der Waals surface area contributed by atoms with Crippen LogP contribution in [-0.2, 0) is 11.2 Å². The maximum atomic E-state index is 12.1. The van der Waals surface area contributed by atoms with Crippen LogP contribution in [0.2, 0.25) is 0 Å². The van der Waals surface area contributed by atoms with Crippen LogP contribution in [0.15, 0.2) is 35.3 Å². The highest BCUT2D eigenvalue weighted by atomic mass is 16.1. The summed E-state index contributed by atoms with van der Waals surface area (Å²) in [6.45, 7) is 12.4. The van der Waals surface area contributed by atoms with Gasteiger partial charge in [-0.3, -0.25) is 9.69 Å². The first-order valence-electron chi connectivity index (χ1n) is 10.1. The third kappa shape index (κ3) is 7.21. The number of carbonyl (C=O) groups is 1. The van der Waals surface area contributed by atoms with Gasteiger partial charge >= 0.3 is 0 Å². The summed E-state index contributed by atoms with van der Waals surface area (Å²) in [5.41, 5.74) is 1.22. The van der Waals surface area contributed by atoms with Gasteiger partial charge in [-0.2, -0.15) is 0 Å². The minimum absolute atomic E-state index is 0.0496. The fourth-order valence-corrected chi connectivity index (χ4v) is 3.31. The Morgan fingerprint density at radius 1 is 1.22 bits per heavy atom. The lowest BCUT2D eigenvalue weighted by Crippen LogP contribution is -2.47. The van der Waals surface area contributed by atoms with E-state index in [0.717, 1.165) is 32.0 Å². The van der Waals surface area contributed by atoms with Gasteiger partial charge in [0.1, 0.15) is 6.54 Å². The van der Waals surface area contributed by atoms with Crippen molar-refractivity contribution in [1.29, 1.82) is 0 Å². The zero-order valence-electron chi connectivity index (χ0n) is 17.2. The van der Waals surface area contributed by atoms with Gasteiger partial charge in [-0.05, 0) is 38.7 Å². The molecule has 1 aromatic rings. The van der Waals surface area contributed by atoms with Crippen LogP contribution >= 0.6 is 0 Å². The van der Waals surface area contributed by atoms with E-state index in [9.17, 15) is 4.79 Å². The van der Waals surface area contributed by atoms with Crippen molar-refractivity contribution in [3.63, 3.8) is 0 Å². The second-order valence-corrected chi connectivity index (χ2v) is 7.56. The van der Waals surface area contributed by atoms with E-state index in [-0.39, 0.29) is 12.5 Å². The van der Waals surface area contributed by atoms with E-state index in [2.05, 4.69) is 58.7 Å². The van der Waals surface area contributed by atoms with Gasteiger partial charge in [0.05, 0.1) is 0 Å². The monoisotopic (exact) mass is 373 g/mol. The smallest absolute Gasteiger partial charge is 0.241 e. The molecule has 2 atom stereocenters. The van der Waals surface area contributed by atoms with Crippen molar-refractivity contribution >= 4 is 11.9 Å². The number of aliphatic imine (C=N–C) groups is 1. The molecule has 1 amide bonds. The molecule has 0 bridgehead atoms. The molecule has 0 aliphatic carbocycles. The summed E-state index contributed by atoms with van der Waals surface area (Å²) in [6.07, 6.45) is 0.833. The van der Waals surface area contributed by atoms with E-state index >= 15 is 0 Å². The molecule has 2 unspecified atom stereocenters. The van der Waals surface area contributed by atoms with E-state index in [1.807, 2.05) is 25.1 Å². The number of hydrogen-bond donors (Lipinski definition) is 3. The maximum absolute atomic E-state index is 12.1. The van der Waals surface area contributed by atoms with Crippen molar-refractivity contribution in [2.24, 2.45) is 10.9 Å². The number of amides is 1. The number of likely N-dealkylation sites (tertiary alicyclic amines) is 1. The van der Waals surface area contributed by atoms with Crippen molar-refractivity contribution in [2.45, 2.75) is 46.2 Å². The number of hydrogen-bond acceptors (Lipinski definition) is 3. The van der Waals surface area contributed by atoms with Gasteiger partial charge in [0.15, 0.2) is 5.96 Å². The number of rotatable bonds is 8. The quantitative estimate of drug-likeness (QED) is 0.479. The summed E-state index contributed by atoms with van der Waals surface area (Å²) in [7, 11) is 0. The van der Waals surface area contributed by atoms with Crippen molar-refractivity contribution in [2.75, 3.05) is 32.7 Å². The topological polar surface area (TPSA) is 68.8 Å². The lowest BCUT2D eigenvalue weighted by Gasteiger charge is -2.21. The van der Waals surface area contributed by atoms with Crippen molar-refractivity contribution < 1.29 is 4.79 Å². The highest BCUT2D eigenvalue weighted by Crippen LogP contribution is 2.18. The molecule has 3 N–H and O–H groups in total. The Morgan fingerprint density at radius 3 is 2.59 bits per heavy atom. The Labute approximate surface area is 163 Å².